The third-order valence-electron chi connectivity index (χ3n) is 4.36. The molecule has 0 atom stereocenters. The molecule has 114 valence electrons. The predicted octanol–water partition coefficient (Wildman–Crippen LogP) is 3.14. The summed E-state index contributed by atoms with van der Waals surface area (Å²) in [5, 5.41) is 0. The van der Waals surface area contributed by atoms with Crippen molar-refractivity contribution in [1.82, 2.24) is 15.0 Å². The molecule has 2 aromatic heterocycles. The van der Waals surface area contributed by atoms with Gasteiger partial charge >= 0.3 is 0 Å². The molecule has 0 saturated heterocycles. The van der Waals surface area contributed by atoms with Gasteiger partial charge in [0.25, 0.3) is 0 Å². The van der Waals surface area contributed by atoms with Gasteiger partial charge in [0.05, 0.1) is 5.69 Å². The monoisotopic (exact) mass is 302 g/mol. The molecule has 4 rings (SSSR count). The van der Waals surface area contributed by atoms with Crippen LogP contribution in [0.5, 0.6) is 0 Å². The summed E-state index contributed by atoms with van der Waals surface area (Å²) in [6, 6.07) is 14.6. The molecule has 0 saturated carbocycles. The van der Waals surface area contributed by atoms with Gasteiger partial charge in [0, 0.05) is 54.4 Å². The second kappa shape index (κ2) is 6.16. The van der Waals surface area contributed by atoms with Crippen molar-refractivity contribution in [2.24, 2.45) is 0 Å². The smallest absolute Gasteiger partial charge is 0.116 e. The van der Waals surface area contributed by atoms with E-state index in [1.807, 2.05) is 24.5 Å². The van der Waals surface area contributed by atoms with Gasteiger partial charge in [-0.3, -0.25) is 4.98 Å². The average Bonchev–Trinajstić information content (AvgIpc) is 2.86. The zero-order valence-corrected chi connectivity index (χ0v) is 12.9. The van der Waals surface area contributed by atoms with Crippen molar-refractivity contribution in [3.8, 4) is 11.3 Å². The van der Waals surface area contributed by atoms with Crippen molar-refractivity contribution in [3.05, 3.63) is 72.4 Å². The van der Waals surface area contributed by atoms with Crippen LogP contribution >= 0.6 is 0 Å². The maximum atomic E-state index is 4.54. The second-order valence-electron chi connectivity index (χ2n) is 5.71. The van der Waals surface area contributed by atoms with E-state index >= 15 is 0 Å². The molecule has 0 radical (unpaired) electrons. The molecule has 0 fully saturated rings. The van der Waals surface area contributed by atoms with E-state index in [4.69, 9.17) is 0 Å². The molecule has 4 nitrogen and oxygen atoms in total. The summed E-state index contributed by atoms with van der Waals surface area (Å²) in [4.78, 5) is 15.6. The molecular weight excluding hydrogens is 284 g/mol. The van der Waals surface area contributed by atoms with Crippen LogP contribution in [0, 0.1) is 0 Å². The Morgan fingerprint density at radius 3 is 2.43 bits per heavy atom. The van der Waals surface area contributed by atoms with Crippen LogP contribution in [0.2, 0.25) is 0 Å². The lowest BCUT2D eigenvalue weighted by Gasteiger charge is -2.22. The Hall–Kier alpha value is -2.75. The maximum Gasteiger partial charge on any atom is 0.116 e. The topological polar surface area (TPSA) is 41.9 Å². The largest absolute Gasteiger partial charge is 0.371 e. The summed E-state index contributed by atoms with van der Waals surface area (Å²) < 4.78 is 0. The number of hydrogen-bond donors (Lipinski definition) is 0. The van der Waals surface area contributed by atoms with E-state index in [1.165, 1.54) is 16.9 Å². The minimum Gasteiger partial charge on any atom is -0.371 e. The molecule has 0 spiro atoms. The molecule has 3 aromatic rings. The highest BCUT2D eigenvalue weighted by molar-refractivity contribution is 5.63. The first-order valence-electron chi connectivity index (χ1n) is 7.95. The Bertz CT molecular complexity index is 787. The van der Waals surface area contributed by atoms with E-state index < -0.39 is 0 Å². The van der Waals surface area contributed by atoms with Gasteiger partial charge in [0.2, 0.25) is 0 Å². The van der Waals surface area contributed by atoms with Crippen LogP contribution in [0.1, 0.15) is 11.3 Å². The average molecular weight is 302 g/mol. The molecule has 23 heavy (non-hydrogen) atoms. The standard InChI is InChI=1S/C19H18N4/c1-2-4-16(5-3-1)23-12-8-17-18(9-13-23)21-14-22-19(17)15-6-10-20-11-7-15/h1-7,10-11,14H,8-9,12-13H2. The quantitative estimate of drug-likeness (QED) is 0.729. The summed E-state index contributed by atoms with van der Waals surface area (Å²) in [5.74, 6) is 0. The minimum atomic E-state index is 0.949. The zero-order chi connectivity index (χ0) is 15.5. The normalized spacial score (nSPS) is 14.2. The first-order valence-corrected chi connectivity index (χ1v) is 7.95. The summed E-state index contributed by atoms with van der Waals surface area (Å²) in [7, 11) is 0. The Kier molecular flexibility index (Phi) is 3.72. The Labute approximate surface area is 135 Å². The van der Waals surface area contributed by atoms with Gasteiger partial charge < -0.3 is 4.90 Å². The molecule has 1 aliphatic rings. The summed E-state index contributed by atoms with van der Waals surface area (Å²) in [6.45, 7) is 1.98. The number of nitrogens with zero attached hydrogens (tertiary/aromatic N) is 4. The summed E-state index contributed by atoms with van der Waals surface area (Å²) >= 11 is 0. The number of rotatable bonds is 2. The third-order valence-corrected chi connectivity index (χ3v) is 4.36. The van der Waals surface area contributed by atoms with Gasteiger partial charge in [-0.1, -0.05) is 18.2 Å². The molecule has 0 bridgehead atoms. The number of anilines is 1. The molecule has 0 amide bonds. The third kappa shape index (κ3) is 2.80. The van der Waals surface area contributed by atoms with Gasteiger partial charge in [0.1, 0.15) is 6.33 Å². The fourth-order valence-corrected chi connectivity index (χ4v) is 3.18. The van der Waals surface area contributed by atoms with Crippen molar-refractivity contribution in [3.63, 3.8) is 0 Å². The summed E-state index contributed by atoms with van der Waals surface area (Å²) in [6.07, 6.45) is 7.23. The highest BCUT2D eigenvalue weighted by Gasteiger charge is 2.19. The highest BCUT2D eigenvalue weighted by atomic mass is 15.1. The van der Waals surface area contributed by atoms with E-state index in [-0.39, 0.29) is 0 Å². The lowest BCUT2D eigenvalue weighted by atomic mass is 10.0. The van der Waals surface area contributed by atoms with Crippen LogP contribution in [0.4, 0.5) is 5.69 Å². The first kappa shape index (κ1) is 13.9. The lowest BCUT2D eigenvalue weighted by molar-refractivity contribution is 0.802. The van der Waals surface area contributed by atoms with Crippen molar-refractivity contribution in [2.45, 2.75) is 12.8 Å². The highest BCUT2D eigenvalue weighted by Crippen LogP contribution is 2.26. The number of hydrogen-bond acceptors (Lipinski definition) is 4. The van der Waals surface area contributed by atoms with Crippen LogP contribution in [0.3, 0.4) is 0 Å². The van der Waals surface area contributed by atoms with Crippen LogP contribution in [-0.4, -0.2) is 28.0 Å². The van der Waals surface area contributed by atoms with E-state index in [9.17, 15) is 0 Å². The number of fused-ring (bicyclic) bond motifs is 1. The van der Waals surface area contributed by atoms with E-state index in [2.05, 4.69) is 50.2 Å². The molecular formula is C19H18N4. The number of benzene rings is 1. The molecule has 1 aromatic carbocycles. The molecule has 0 unspecified atom stereocenters. The van der Waals surface area contributed by atoms with Crippen LogP contribution < -0.4 is 4.90 Å². The number of aromatic nitrogens is 3. The molecule has 1 aliphatic heterocycles. The van der Waals surface area contributed by atoms with Crippen LogP contribution in [0.15, 0.2) is 61.2 Å². The van der Waals surface area contributed by atoms with Crippen molar-refractivity contribution in [1.29, 1.82) is 0 Å². The lowest BCUT2D eigenvalue weighted by Crippen LogP contribution is -2.25. The second-order valence-corrected chi connectivity index (χ2v) is 5.71. The van der Waals surface area contributed by atoms with E-state index in [0.717, 1.165) is 37.2 Å². The Morgan fingerprint density at radius 2 is 1.61 bits per heavy atom. The maximum absolute atomic E-state index is 4.54. The van der Waals surface area contributed by atoms with Gasteiger partial charge in [-0.15, -0.1) is 0 Å². The van der Waals surface area contributed by atoms with Gasteiger partial charge in [-0.2, -0.15) is 0 Å². The van der Waals surface area contributed by atoms with E-state index in [0.29, 0.717) is 0 Å². The van der Waals surface area contributed by atoms with Crippen LogP contribution in [-0.2, 0) is 12.8 Å². The number of pyridine rings is 1. The van der Waals surface area contributed by atoms with E-state index in [1.54, 1.807) is 6.33 Å². The first-order chi connectivity index (χ1) is 11.4. The Balaban J connectivity index is 1.67. The number of para-hydroxylation sites is 1. The predicted molar refractivity (Wildman–Crippen MR) is 91.3 cm³/mol. The van der Waals surface area contributed by atoms with Gasteiger partial charge in [-0.25, -0.2) is 9.97 Å². The Morgan fingerprint density at radius 1 is 0.826 bits per heavy atom. The van der Waals surface area contributed by atoms with Crippen molar-refractivity contribution in [2.75, 3.05) is 18.0 Å². The zero-order valence-electron chi connectivity index (χ0n) is 12.9. The molecule has 4 heteroatoms. The molecule has 0 N–H and O–H groups in total. The van der Waals surface area contributed by atoms with Crippen molar-refractivity contribution >= 4 is 5.69 Å². The minimum absolute atomic E-state index is 0.949. The molecule has 3 heterocycles. The van der Waals surface area contributed by atoms with Crippen LogP contribution in [0.25, 0.3) is 11.3 Å². The fourth-order valence-electron chi connectivity index (χ4n) is 3.18. The van der Waals surface area contributed by atoms with Gasteiger partial charge in [0.15, 0.2) is 0 Å². The molecule has 0 aliphatic carbocycles. The summed E-state index contributed by atoms with van der Waals surface area (Å²) in [5.41, 5.74) is 5.89. The van der Waals surface area contributed by atoms with Gasteiger partial charge in [-0.05, 0) is 30.7 Å². The van der Waals surface area contributed by atoms with Crippen molar-refractivity contribution < 1.29 is 0 Å². The fraction of sp³-hybridized carbons (Fsp3) is 0.211. The SMILES string of the molecule is c1ccc(N2CCc3ncnc(-c4ccncc4)c3CC2)cc1.